The van der Waals surface area contributed by atoms with E-state index in [0.29, 0.717) is 38.4 Å². The maximum atomic E-state index is 12.1. The third-order valence-corrected chi connectivity index (χ3v) is 4.03. The third kappa shape index (κ3) is 3.68. The van der Waals surface area contributed by atoms with Gasteiger partial charge in [0.15, 0.2) is 0 Å². The van der Waals surface area contributed by atoms with Crippen molar-refractivity contribution >= 4 is 5.91 Å². The van der Waals surface area contributed by atoms with Gasteiger partial charge in [-0.2, -0.15) is 0 Å². The second-order valence-electron chi connectivity index (χ2n) is 5.73. The van der Waals surface area contributed by atoms with Gasteiger partial charge in [0, 0.05) is 25.6 Å². The molecule has 0 aromatic rings. The van der Waals surface area contributed by atoms with E-state index in [1.807, 2.05) is 11.8 Å². The van der Waals surface area contributed by atoms with Crippen LogP contribution in [0.4, 0.5) is 0 Å². The fourth-order valence-electron chi connectivity index (χ4n) is 2.68. The largest absolute Gasteiger partial charge is 0.390 e. The Morgan fingerprint density at radius 3 is 2.71 bits per heavy atom. The van der Waals surface area contributed by atoms with E-state index in [1.54, 1.807) is 0 Å². The Labute approximate surface area is 103 Å². The number of carbonyl (C=O) groups is 1. The molecule has 0 spiro atoms. The lowest BCUT2D eigenvalue weighted by molar-refractivity contribution is -0.135. The van der Waals surface area contributed by atoms with Crippen molar-refractivity contribution in [1.82, 2.24) is 10.2 Å². The molecule has 0 saturated carbocycles. The fourth-order valence-corrected chi connectivity index (χ4v) is 2.68. The second kappa shape index (κ2) is 5.36. The summed E-state index contributed by atoms with van der Waals surface area (Å²) >= 11 is 0. The number of likely N-dealkylation sites (tertiary alicyclic amines) is 1. The molecule has 1 amide bonds. The minimum Gasteiger partial charge on any atom is -0.390 e. The van der Waals surface area contributed by atoms with Gasteiger partial charge in [0.1, 0.15) is 0 Å². The molecule has 0 bridgehead atoms. The van der Waals surface area contributed by atoms with Crippen molar-refractivity contribution < 1.29 is 9.90 Å². The van der Waals surface area contributed by atoms with Gasteiger partial charge in [0.2, 0.25) is 5.91 Å². The van der Waals surface area contributed by atoms with Crippen molar-refractivity contribution in [3.8, 4) is 0 Å². The monoisotopic (exact) mass is 240 g/mol. The molecule has 0 radical (unpaired) electrons. The van der Waals surface area contributed by atoms with Crippen LogP contribution in [0.3, 0.4) is 0 Å². The molecule has 0 aliphatic carbocycles. The molecule has 1 unspecified atom stereocenters. The van der Waals surface area contributed by atoms with Gasteiger partial charge in [-0.25, -0.2) is 0 Å². The molecule has 2 rings (SSSR count). The van der Waals surface area contributed by atoms with Gasteiger partial charge in [0.05, 0.1) is 5.60 Å². The van der Waals surface area contributed by atoms with E-state index in [1.165, 1.54) is 12.8 Å². The highest BCUT2D eigenvalue weighted by Gasteiger charge is 2.30. The van der Waals surface area contributed by atoms with Gasteiger partial charge in [-0.3, -0.25) is 4.79 Å². The van der Waals surface area contributed by atoms with Crippen molar-refractivity contribution in [2.45, 2.75) is 57.1 Å². The minimum absolute atomic E-state index is 0.250. The molecule has 4 nitrogen and oxygen atoms in total. The summed E-state index contributed by atoms with van der Waals surface area (Å²) in [5.74, 6) is 0.250. The highest BCUT2D eigenvalue weighted by molar-refractivity contribution is 5.77. The maximum Gasteiger partial charge on any atom is 0.224 e. The number of amides is 1. The molecule has 2 saturated heterocycles. The minimum atomic E-state index is -0.570. The van der Waals surface area contributed by atoms with Crippen LogP contribution >= 0.6 is 0 Å². The normalized spacial score (nSPS) is 29.1. The first kappa shape index (κ1) is 12.8. The number of nitrogens with zero attached hydrogens (tertiary/aromatic N) is 1. The quantitative estimate of drug-likeness (QED) is 0.754. The fraction of sp³-hybridized carbons (Fsp3) is 0.923. The topological polar surface area (TPSA) is 52.6 Å². The first-order valence-electron chi connectivity index (χ1n) is 6.80. The van der Waals surface area contributed by atoms with E-state index in [9.17, 15) is 9.90 Å². The van der Waals surface area contributed by atoms with Gasteiger partial charge >= 0.3 is 0 Å². The molecule has 1 atom stereocenters. The number of piperidine rings is 2. The van der Waals surface area contributed by atoms with Crippen LogP contribution in [0.25, 0.3) is 0 Å². The average molecular weight is 240 g/mol. The summed E-state index contributed by atoms with van der Waals surface area (Å²) in [6.07, 6.45) is 5.63. The van der Waals surface area contributed by atoms with Crippen LogP contribution in [-0.4, -0.2) is 47.2 Å². The van der Waals surface area contributed by atoms with E-state index in [-0.39, 0.29) is 5.91 Å². The zero-order chi connectivity index (χ0) is 12.3. The molecule has 0 aromatic carbocycles. The highest BCUT2D eigenvalue weighted by Crippen LogP contribution is 2.22. The summed E-state index contributed by atoms with van der Waals surface area (Å²) in [6.45, 7) is 4.32. The lowest BCUT2D eigenvalue weighted by Gasteiger charge is -2.36. The standard InChI is InChI=1S/C13H24N2O2/c1-13(17)5-8-15(9-6-13)12(16)10-11-4-2-3-7-14-11/h11,14,17H,2-10H2,1H3. The van der Waals surface area contributed by atoms with Gasteiger partial charge in [0.25, 0.3) is 0 Å². The summed E-state index contributed by atoms with van der Waals surface area (Å²) in [4.78, 5) is 14.0. The first-order chi connectivity index (χ1) is 8.07. The predicted molar refractivity (Wildman–Crippen MR) is 66.7 cm³/mol. The second-order valence-corrected chi connectivity index (χ2v) is 5.73. The molecule has 2 aliphatic heterocycles. The molecule has 98 valence electrons. The Bertz CT molecular complexity index is 263. The molecule has 2 heterocycles. The van der Waals surface area contributed by atoms with Crippen molar-refractivity contribution in [2.75, 3.05) is 19.6 Å². The van der Waals surface area contributed by atoms with Crippen LogP contribution < -0.4 is 5.32 Å². The lowest BCUT2D eigenvalue weighted by Crippen LogP contribution is -2.47. The molecule has 4 heteroatoms. The highest BCUT2D eigenvalue weighted by atomic mass is 16.3. The predicted octanol–water partition coefficient (Wildman–Crippen LogP) is 0.892. The van der Waals surface area contributed by atoms with Gasteiger partial charge in [-0.05, 0) is 39.2 Å². The average Bonchev–Trinajstić information content (AvgIpc) is 2.30. The summed E-state index contributed by atoms with van der Waals surface area (Å²) < 4.78 is 0. The molecule has 0 aromatic heterocycles. The molecular weight excluding hydrogens is 216 g/mol. The van der Waals surface area contributed by atoms with E-state index < -0.39 is 5.60 Å². The van der Waals surface area contributed by atoms with Crippen LogP contribution in [0.5, 0.6) is 0 Å². The number of hydrogen-bond acceptors (Lipinski definition) is 3. The maximum absolute atomic E-state index is 12.1. The molecule has 2 aliphatic rings. The first-order valence-corrected chi connectivity index (χ1v) is 6.80. The van der Waals surface area contributed by atoms with E-state index in [4.69, 9.17) is 0 Å². The van der Waals surface area contributed by atoms with Gasteiger partial charge < -0.3 is 15.3 Å². The Balaban J connectivity index is 1.76. The van der Waals surface area contributed by atoms with Crippen molar-refractivity contribution in [3.63, 3.8) is 0 Å². The van der Waals surface area contributed by atoms with Crippen LogP contribution in [0.2, 0.25) is 0 Å². The lowest BCUT2D eigenvalue weighted by atomic mass is 9.93. The van der Waals surface area contributed by atoms with Crippen LogP contribution in [-0.2, 0) is 4.79 Å². The van der Waals surface area contributed by atoms with Gasteiger partial charge in [-0.15, -0.1) is 0 Å². The Morgan fingerprint density at radius 1 is 1.41 bits per heavy atom. The number of carbonyl (C=O) groups excluding carboxylic acids is 1. The SMILES string of the molecule is CC1(O)CCN(C(=O)CC2CCCCN2)CC1. The number of rotatable bonds is 2. The number of nitrogens with one attached hydrogen (secondary N) is 1. The number of aliphatic hydroxyl groups is 1. The Hall–Kier alpha value is -0.610. The molecule has 2 N–H and O–H groups in total. The summed E-state index contributed by atoms with van der Waals surface area (Å²) in [5.41, 5.74) is -0.570. The Kier molecular flexibility index (Phi) is 4.05. The van der Waals surface area contributed by atoms with Gasteiger partial charge in [-0.1, -0.05) is 6.42 Å². The molecular formula is C13H24N2O2. The summed E-state index contributed by atoms with van der Waals surface area (Å²) in [6, 6.07) is 0.374. The summed E-state index contributed by atoms with van der Waals surface area (Å²) in [5, 5.41) is 13.3. The van der Waals surface area contributed by atoms with Crippen molar-refractivity contribution in [3.05, 3.63) is 0 Å². The van der Waals surface area contributed by atoms with Crippen molar-refractivity contribution in [2.24, 2.45) is 0 Å². The van der Waals surface area contributed by atoms with E-state index in [2.05, 4.69) is 5.32 Å². The van der Waals surface area contributed by atoms with Crippen molar-refractivity contribution in [1.29, 1.82) is 0 Å². The Morgan fingerprint density at radius 2 is 2.12 bits per heavy atom. The third-order valence-electron chi connectivity index (χ3n) is 4.03. The molecule has 17 heavy (non-hydrogen) atoms. The molecule has 2 fully saturated rings. The van der Waals surface area contributed by atoms with E-state index in [0.717, 1.165) is 13.0 Å². The zero-order valence-electron chi connectivity index (χ0n) is 10.7. The zero-order valence-corrected chi connectivity index (χ0v) is 10.7. The van der Waals surface area contributed by atoms with Crippen LogP contribution in [0.1, 0.15) is 45.4 Å². The summed E-state index contributed by atoms with van der Waals surface area (Å²) in [7, 11) is 0. The smallest absolute Gasteiger partial charge is 0.224 e. The van der Waals surface area contributed by atoms with Crippen LogP contribution in [0, 0.1) is 0 Å². The number of hydrogen-bond donors (Lipinski definition) is 2. The van der Waals surface area contributed by atoms with E-state index >= 15 is 0 Å². The van der Waals surface area contributed by atoms with Crippen LogP contribution in [0.15, 0.2) is 0 Å².